The van der Waals surface area contributed by atoms with Gasteiger partial charge in [0.2, 0.25) is 0 Å². The maximum Gasteiger partial charge on any atom is 0.418 e. The van der Waals surface area contributed by atoms with Crippen molar-refractivity contribution in [1.82, 2.24) is 0 Å². The highest BCUT2D eigenvalue weighted by Gasteiger charge is 2.43. The first kappa shape index (κ1) is 14.6. The van der Waals surface area contributed by atoms with Gasteiger partial charge in [0.1, 0.15) is 0 Å². The number of halogens is 3. The monoisotopic (exact) mass is 285 g/mol. The molecule has 2 rings (SSSR count). The molecular weight excluding hydrogens is 271 g/mol. The normalized spacial score (nSPS) is 14.9. The molecule has 0 saturated carbocycles. The molecule has 6 heteroatoms. The van der Waals surface area contributed by atoms with Crippen LogP contribution in [0.5, 0.6) is 0 Å². The van der Waals surface area contributed by atoms with Crippen LogP contribution in [-0.2, 0) is 11.0 Å². The molecule has 0 unspecified atom stereocenters. The second kappa shape index (κ2) is 5.26. The maximum absolute atomic E-state index is 13.0. The van der Waals surface area contributed by atoms with E-state index in [9.17, 15) is 22.8 Å². The van der Waals surface area contributed by atoms with Gasteiger partial charge < -0.3 is 4.90 Å². The van der Waals surface area contributed by atoms with Gasteiger partial charge in [-0.15, -0.1) is 0 Å². The molecule has 1 aromatic carbocycles. The number of carbonyl (C=O) groups is 2. The molecule has 108 valence electrons. The van der Waals surface area contributed by atoms with E-state index in [2.05, 4.69) is 0 Å². The molecule has 0 spiro atoms. The maximum atomic E-state index is 13.0. The van der Waals surface area contributed by atoms with Crippen LogP contribution in [0, 0.1) is 0 Å². The van der Waals surface area contributed by atoms with Gasteiger partial charge in [0.25, 0.3) is 11.7 Å². The Morgan fingerprint density at radius 1 is 1.15 bits per heavy atom. The van der Waals surface area contributed by atoms with E-state index in [1.54, 1.807) is 0 Å². The van der Waals surface area contributed by atoms with Crippen molar-refractivity contribution >= 4 is 17.4 Å². The highest BCUT2D eigenvalue weighted by atomic mass is 19.4. The quantitative estimate of drug-likeness (QED) is 0.628. The van der Waals surface area contributed by atoms with E-state index in [0.717, 1.165) is 29.9 Å². The molecule has 0 N–H and O–H groups in total. The molecule has 0 bridgehead atoms. The molecule has 1 aromatic rings. The summed E-state index contributed by atoms with van der Waals surface area (Å²) in [5.74, 6) is -1.73. The standard InChI is InChI=1S/C14H14F3NO2/c1-2-3-4-8-18-11-9(12(19)13(18)20)6-5-7-10(11)14(15,16)17/h5-7H,2-4,8H2,1H3. The first-order valence-electron chi connectivity index (χ1n) is 6.44. The number of Topliss-reactive ketones (excluding diaryl/α,β-unsaturated/α-hetero) is 1. The van der Waals surface area contributed by atoms with Crippen molar-refractivity contribution in [1.29, 1.82) is 0 Å². The SMILES string of the molecule is CCCCCN1C(=O)C(=O)c2cccc(C(F)(F)F)c21. The number of ketones is 1. The summed E-state index contributed by atoms with van der Waals surface area (Å²) >= 11 is 0. The predicted molar refractivity (Wildman–Crippen MR) is 67.7 cm³/mol. The first-order chi connectivity index (χ1) is 9.38. The Morgan fingerprint density at radius 3 is 2.45 bits per heavy atom. The van der Waals surface area contributed by atoms with Crippen molar-refractivity contribution in [3.05, 3.63) is 29.3 Å². The average molecular weight is 285 g/mol. The van der Waals surface area contributed by atoms with Crippen LogP contribution in [0.15, 0.2) is 18.2 Å². The summed E-state index contributed by atoms with van der Waals surface area (Å²) in [6.07, 6.45) is -2.34. The molecule has 0 saturated heterocycles. The van der Waals surface area contributed by atoms with E-state index in [4.69, 9.17) is 0 Å². The average Bonchev–Trinajstić information content (AvgIpc) is 2.63. The van der Waals surface area contributed by atoms with Crippen LogP contribution >= 0.6 is 0 Å². The Hall–Kier alpha value is -1.85. The molecule has 0 aliphatic carbocycles. The largest absolute Gasteiger partial charge is 0.418 e. The van der Waals surface area contributed by atoms with E-state index in [0.29, 0.717) is 6.42 Å². The van der Waals surface area contributed by atoms with E-state index < -0.39 is 23.4 Å². The van der Waals surface area contributed by atoms with Crippen molar-refractivity contribution in [2.45, 2.75) is 32.4 Å². The summed E-state index contributed by atoms with van der Waals surface area (Å²) in [7, 11) is 0. The molecule has 0 aromatic heterocycles. The topological polar surface area (TPSA) is 37.4 Å². The highest BCUT2D eigenvalue weighted by molar-refractivity contribution is 6.52. The fourth-order valence-corrected chi connectivity index (χ4v) is 2.32. The molecule has 0 radical (unpaired) electrons. The molecule has 0 atom stereocenters. The second-order valence-electron chi connectivity index (χ2n) is 4.69. The van der Waals surface area contributed by atoms with Crippen LogP contribution in [0.4, 0.5) is 18.9 Å². The zero-order chi connectivity index (χ0) is 14.9. The Labute approximate surface area is 114 Å². The minimum absolute atomic E-state index is 0.137. The van der Waals surface area contributed by atoms with Crippen LogP contribution in [0.1, 0.15) is 42.1 Å². The molecule has 1 aliphatic rings. The van der Waals surface area contributed by atoms with Crippen LogP contribution in [0.2, 0.25) is 0 Å². The van der Waals surface area contributed by atoms with Crippen molar-refractivity contribution in [3.8, 4) is 0 Å². The summed E-state index contributed by atoms with van der Waals surface area (Å²) in [4.78, 5) is 24.6. The van der Waals surface area contributed by atoms with Gasteiger partial charge >= 0.3 is 6.18 Å². The van der Waals surface area contributed by atoms with Crippen LogP contribution in [0.25, 0.3) is 0 Å². The van der Waals surface area contributed by atoms with Crippen LogP contribution in [-0.4, -0.2) is 18.2 Å². The summed E-state index contributed by atoms with van der Waals surface area (Å²) in [6.45, 7) is 2.09. The van der Waals surface area contributed by atoms with Crippen LogP contribution < -0.4 is 4.90 Å². The third-order valence-corrected chi connectivity index (χ3v) is 3.28. The van der Waals surface area contributed by atoms with E-state index in [1.807, 2.05) is 6.92 Å². The van der Waals surface area contributed by atoms with Gasteiger partial charge in [0.15, 0.2) is 0 Å². The Kier molecular flexibility index (Phi) is 3.83. The van der Waals surface area contributed by atoms with E-state index in [-0.39, 0.29) is 17.8 Å². The lowest BCUT2D eigenvalue weighted by molar-refractivity contribution is -0.137. The number of fused-ring (bicyclic) bond motifs is 1. The van der Waals surface area contributed by atoms with Crippen molar-refractivity contribution < 1.29 is 22.8 Å². The van der Waals surface area contributed by atoms with Gasteiger partial charge in [0, 0.05) is 6.54 Å². The predicted octanol–water partition coefficient (Wildman–Crippen LogP) is 3.42. The summed E-state index contributed by atoms with van der Waals surface area (Å²) in [6, 6.07) is 3.32. The Balaban J connectivity index is 2.45. The molecular formula is C14H14F3NO2. The minimum Gasteiger partial charge on any atom is -0.304 e. The molecule has 3 nitrogen and oxygen atoms in total. The lowest BCUT2D eigenvalue weighted by Gasteiger charge is -2.20. The van der Waals surface area contributed by atoms with Gasteiger partial charge in [-0.05, 0) is 18.6 Å². The summed E-state index contributed by atoms with van der Waals surface area (Å²) < 4.78 is 39.0. The molecule has 20 heavy (non-hydrogen) atoms. The number of carbonyl (C=O) groups excluding carboxylic acids is 2. The Bertz CT molecular complexity index is 552. The van der Waals surface area contributed by atoms with Gasteiger partial charge in [-0.1, -0.05) is 25.8 Å². The lowest BCUT2D eigenvalue weighted by Crippen LogP contribution is -2.31. The number of benzene rings is 1. The minimum atomic E-state index is -4.58. The van der Waals surface area contributed by atoms with Gasteiger partial charge in [-0.25, -0.2) is 0 Å². The van der Waals surface area contributed by atoms with E-state index in [1.165, 1.54) is 6.07 Å². The Morgan fingerprint density at radius 2 is 1.85 bits per heavy atom. The van der Waals surface area contributed by atoms with Gasteiger partial charge in [-0.2, -0.15) is 13.2 Å². The fourth-order valence-electron chi connectivity index (χ4n) is 2.32. The van der Waals surface area contributed by atoms with E-state index >= 15 is 0 Å². The number of hydrogen-bond acceptors (Lipinski definition) is 2. The highest BCUT2D eigenvalue weighted by Crippen LogP contribution is 2.41. The third-order valence-electron chi connectivity index (χ3n) is 3.28. The number of amides is 1. The second-order valence-corrected chi connectivity index (χ2v) is 4.69. The molecule has 1 aliphatic heterocycles. The number of para-hydroxylation sites is 1. The number of anilines is 1. The van der Waals surface area contributed by atoms with Gasteiger partial charge in [0.05, 0.1) is 16.8 Å². The van der Waals surface area contributed by atoms with Crippen molar-refractivity contribution in [3.63, 3.8) is 0 Å². The number of rotatable bonds is 4. The summed E-state index contributed by atoms with van der Waals surface area (Å²) in [5.41, 5.74) is -1.36. The first-order valence-corrected chi connectivity index (χ1v) is 6.44. The fraction of sp³-hybridized carbons (Fsp3) is 0.429. The number of unbranched alkanes of at least 4 members (excludes halogenated alkanes) is 2. The molecule has 0 fully saturated rings. The zero-order valence-corrected chi connectivity index (χ0v) is 11.0. The summed E-state index contributed by atoms with van der Waals surface area (Å²) in [5, 5.41) is 0. The number of alkyl halides is 3. The van der Waals surface area contributed by atoms with Crippen molar-refractivity contribution in [2.75, 3.05) is 11.4 Å². The lowest BCUT2D eigenvalue weighted by atomic mass is 10.1. The van der Waals surface area contributed by atoms with Crippen molar-refractivity contribution in [2.24, 2.45) is 0 Å². The number of hydrogen-bond donors (Lipinski definition) is 0. The zero-order valence-electron chi connectivity index (χ0n) is 11.0. The number of nitrogens with zero attached hydrogens (tertiary/aromatic N) is 1. The third kappa shape index (κ3) is 2.42. The van der Waals surface area contributed by atoms with Gasteiger partial charge in [-0.3, -0.25) is 9.59 Å². The van der Waals surface area contributed by atoms with Crippen LogP contribution in [0.3, 0.4) is 0 Å². The molecule has 1 heterocycles. The smallest absolute Gasteiger partial charge is 0.304 e. The molecule has 1 amide bonds.